The van der Waals surface area contributed by atoms with Crippen LogP contribution in [0.1, 0.15) is 33.6 Å². The van der Waals surface area contributed by atoms with Crippen LogP contribution in [0.25, 0.3) is 0 Å². The van der Waals surface area contributed by atoms with E-state index in [4.69, 9.17) is 0 Å². The predicted molar refractivity (Wildman–Crippen MR) is 129 cm³/mol. The Balaban J connectivity index is 0.00000364. The highest BCUT2D eigenvalue weighted by Crippen LogP contribution is 2.18. The molecule has 0 amide bonds. The number of aliphatic imine (C=N–C) groups is 1. The third kappa shape index (κ3) is 7.86. The van der Waals surface area contributed by atoms with Crippen molar-refractivity contribution in [1.82, 2.24) is 15.5 Å². The smallest absolute Gasteiger partial charge is 0.191 e. The van der Waals surface area contributed by atoms with E-state index in [9.17, 15) is 0 Å². The summed E-state index contributed by atoms with van der Waals surface area (Å²) < 4.78 is 0. The number of guanidine groups is 1. The van der Waals surface area contributed by atoms with Crippen LogP contribution in [-0.4, -0.2) is 63.2 Å². The second kappa shape index (κ2) is 12.4. The van der Waals surface area contributed by atoms with E-state index >= 15 is 0 Å². The van der Waals surface area contributed by atoms with Crippen LogP contribution in [0.15, 0.2) is 35.3 Å². The Morgan fingerprint density at radius 1 is 1.22 bits per heavy atom. The summed E-state index contributed by atoms with van der Waals surface area (Å²) in [5.41, 5.74) is 1.28. The van der Waals surface area contributed by atoms with Crippen LogP contribution >= 0.6 is 24.0 Å². The van der Waals surface area contributed by atoms with Gasteiger partial charge in [-0.05, 0) is 44.7 Å². The van der Waals surface area contributed by atoms with E-state index in [0.717, 1.165) is 45.0 Å². The van der Waals surface area contributed by atoms with Crippen molar-refractivity contribution in [3.8, 4) is 0 Å². The van der Waals surface area contributed by atoms with Gasteiger partial charge in [0.05, 0.1) is 0 Å². The van der Waals surface area contributed by atoms with Crippen molar-refractivity contribution in [3.63, 3.8) is 0 Å². The summed E-state index contributed by atoms with van der Waals surface area (Å²) >= 11 is 0. The van der Waals surface area contributed by atoms with E-state index in [-0.39, 0.29) is 24.0 Å². The highest BCUT2D eigenvalue weighted by atomic mass is 127. The number of para-hydroxylation sites is 1. The fourth-order valence-corrected chi connectivity index (χ4v) is 3.48. The average Bonchev–Trinajstić information content (AvgIpc) is 3.01. The first-order valence-electron chi connectivity index (χ1n) is 9.98. The zero-order valence-electron chi connectivity index (χ0n) is 17.6. The number of anilines is 1. The van der Waals surface area contributed by atoms with Crippen LogP contribution in [0, 0.1) is 5.92 Å². The molecule has 5 nitrogen and oxygen atoms in total. The Labute approximate surface area is 183 Å². The van der Waals surface area contributed by atoms with Gasteiger partial charge in [-0.15, -0.1) is 24.0 Å². The minimum atomic E-state index is 0. The second-order valence-corrected chi connectivity index (χ2v) is 7.74. The second-order valence-electron chi connectivity index (χ2n) is 7.74. The molecule has 2 unspecified atom stereocenters. The molecule has 0 bridgehead atoms. The maximum atomic E-state index is 4.40. The lowest BCUT2D eigenvalue weighted by molar-refractivity contribution is 0.265. The highest BCUT2D eigenvalue weighted by molar-refractivity contribution is 14.0. The molecule has 2 rings (SSSR count). The van der Waals surface area contributed by atoms with Gasteiger partial charge in [0, 0.05) is 58.0 Å². The van der Waals surface area contributed by atoms with Gasteiger partial charge in [-0.25, -0.2) is 0 Å². The first kappa shape index (κ1) is 24.0. The number of likely N-dealkylation sites (tertiary alicyclic amines) is 1. The number of unbranched alkanes of at least 4 members (excludes halogenated alkanes) is 1. The van der Waals surface area contributed by atoms with E-state index in [1.54, 1.807) is 0 Å². The van der Waals surface area contributed by atoms with Gasteiger partial charge in [0.1, 0.15) is 0 Å². The number of nitrogens with zero attached hydrogens (tertiary/aromatic N) is 3. The van der Waals surface area contributed by atoms with Gasteiger partial charge in [-0.2, -0.15) is 0 Å². The zero-order valence-corrected chi connectivity index (χ0v) is 19.9. The topological polar surface area (TPSA) is 42.9 Å². The van der Waals surface area contributed by atoms with Crippen molar-refractivity contribution in [3.05, 3.63) is 30.3 Å². The normalized spacial score (nSPS) is 20.4. The molecule has 1 aromatic carbocycles. The minimum absolute atomic E-state index is 0. The van der Waals surface area contributed by atoms with Gasteiger partial charge in [0.25, 0.3) is 0 Å². The van der Waals surface area contributed by atoms with Crippen molar-refractivity contribution in [2.75, 3.05) is 45.2 Å². The molecule has 1 aliphatic rings. The van der Waals surface area contributed by atoms with Gasteiger partial charge in [0.2, 0.25) is 0 Å². The quantitative estimate of drug-likeness (QED) is 0.255. The molecule has 2 N–H and O–H groups in total. The van der Waals surface area contributed by atoms with Crippen LogP contribution in [0.2, 0.25) is 0 Å². The lowest BCUT2D eigenvalue weighted by Crippen LogP contribution is -2.47. The van der Waals surface area contributed by atoms with Gasteiger partial charge in [-0.1, -0.05) is 25.1 Å². The summed E-state index contributed by atoms with van der Waals surface area (Å²) in [6.45, 7) is 11.2. The van der Waals surface area contributed by atoms with Crippen molar-refractivity contribution in [2.24, 2.45) is 10.9 Å². The third-order valence-corrected chi connectivity index (χ3v) is 5.33. The van der Waals surface area contributed by atoms with Crippen LogP contribution < -0.4 is 15.5 Å². The van der Waals surface area contributed by atoms with Gasteiger partial charge < -0.3 is 15.5 Å². The Bertz CT molecular complexity index is 549. The van der Waals surface area contributed by atoms with E-state index in [1.807, 2.05) is 7.05 Å². The maximum absolute atomic E-state index is 4.40. The molecule has 0 aromatic heterocycles. The minimum Gasteiger partial charge on any atom is -0.375 e. The summed E-state index contributed by atoms with van der Waals surface area (Å²) in [6, 6.07) is 11.7. The van der Waals surface area contributed by atoms with E-state index in [0.29, 0.717) is 18.0 Å². The predicted octanol–water partition coefficient (Wildman–Crippen LogP) is 3.41. The third-order valence-electron chi connectivity index (χ3n) is 5.33. The molecule has 27 heavy (non-hydrogen) atoms. The molecule has 0 saturated carbocycles. The number of hydrogen-bond acceptors (Lipinski definition) is 3. The lowest BCUT2D eigenvalue weighted by Gasteiger charge is -2.22. The Morgan fingerprint density at radius 3 is 2.52 bits per heavy atom. The molecule has 2 atom stereocenters. The van der Waals surface area contributed by atoms with Gasteiger partial charge in [-0.3, -0.25) is 9.89 Å². The first-order chi connectivity index (χ1) is 12.5. The number of rotatable bonds is 8. The monoisotopic (exact) mass is 487 g/mol. The average molecular weight is 487 g/mol. The lowest BCUT2D eigenvalue weighted by atomic mass is 10.1. The first-order valence-corrected chi connectivity index (χ1v) is 9.98. The molecular weight excluding hydrogens is 449 g/mol. The van der Waals surface area contributed by atoms with Gasteiger partial charge in [0.15, 0.2) is 5.96 Å². The fourth-order valence-electron chi connectivity index (χ4n) is 3.48. The number of hydrogen-bond donors (Lipinski definition) is 2. The van der Waals surface area contributed by atoms with Crippen LogP contribution in [-0.2, 0) is 0 Å². The number of halogens is 1. The van der Waals surface area contributed by atoms with Crippen LogP contribution in [0.5, 0.6) is 0 Å². The van der Waals surface area contributed by atoms with Crippen LogP contribution in [0.3, 0.4) is 0 Å². The number of benzene rings is 1. The molecule has 1 fully saturated rings. The Morgan fingerprint density at radius 2 is 1.93 bits per heavy atom. The largest absolute Gasteiger partial charge is 0.375 e. The fraction of sp³-hybridized carbons (Fsp3) is 0.667. The van der Waals surface area contributed by atoms with Crippen molar-refractivity contribution in [2.45, 2.75) is 45.7 Å². The van der Waals surface area contributed by atoms with E-state index in [2.05, 4.69) is 83.6 Å². The molecule has 1 aromatic rings. The molecule has 154 valence electrons. The molecule has 0 spiro atoms. The maximum Gasteiger partial charge on any atom is 0.191 e. The molecule has 0 aliphatic carbocycles. The Kier molecular flexibility index (Phi) is 11.1. The standard InChI is InChI=1S/C21H37N5.HI/c1-17(2)26-15-18(3)20(16-26)24-21(22-4)23-13-9-10-14-25(5)19-11-7-6-8-12-19;/h6-8,11-12,17-18,20H,9-10,13-16H2,1-5H3,(H2,22,23,24);1H. The number of nitrogens with one attached hydrogen (secondary N) is 2. The zero-order chi connectivity index (χ0) is 18.9. The van der Waals surface area contributed by atoms with Gasteiger partial charge >= 0.3 is 0 Å². The molecular formula is C21H38IN5. The molecule has 6 heteroatoms. The van der Waals surface area contributed by atoms with E-state index < -0.39 is 0 Å². The highest BCUT2D eigenvalue weighted by Gasteiger charge is 2.31. The van der Waals surface area contributed by atoms with Crippen molar-refractivity contribution >= 4 is 35.6 Å². The van der Waals surface area contributed by atoms with E-state index in [1.165, 1.54) is 5.69 Å². The molecule has 1 saturated heterocycles. The summed E-state index contributed by atoms with van der Waals surface area (Å²) in [6.07, 6.45) is 2.30. The summed E-state index contributed by atoms with van der Waals surface area (Å²) in [5.74, 6) is 1.58. The van der Waals surface area contributed by atoms with Crippen molar-refractivity contribution < 1.29 is 0 Å². The molecule has 1 heterocycles. The molecule has 0 radical (unpaired) electrons. The molecule has 1 aliphatic heterocycles. The van der Waals surface area contributed by atoms with Crippen LogP contribution in [0.4, 0.5) is 5.69 Å². The van der Waals surface area contributed by atoms with Crippen molar-refractivity contribution in [1.29, 1.82) is 0 Å². The Hall–Kier alpha value is -1.02. The SMILES string of the molecule is CN=C(NCCCCN(C)c1ccccc1)NC1CN(C(C)C)CC1C.I. The summed E-state index contributed by atoms with van der Waals surface area (Å²) in [5, 5.41) is 7.09. The summed E-state index contributed by atoms with van der Waals surface area (Å²) in [7, 11) is 4.02. The summed E-state index contributed by atoms with van der Waals surface area (Å²) in [4.78, 5) is 9.25.